The maximum atomic E-state index is 6.02. The zero-order valence-electron chi connectivity index (χ0n) is 9.27. The average Bonchev–Trinajstić information content (AvgIpc) is 2.30. The summed E-state index contributed by atoms with van der Waals surface area (Å²) in [4.78, 5) is 0. The molecule has 84 valence electrons. The second kappa shape index (κ2) is 4.75. The van der Waals surface area contributed by atoms with E-state index >= 15 is 0 Å². The maximum Gasteiger partial charge on any atom is 0.132 e. The van der Waals surface area contributed by atoms with Gasteiger partial charge in [0.1, 0.15) is 11.4 Å². The number of alkyl halides is 1. The third-order valence-electron chi connectivity index (χ3n) is 2.87. The molecular weight excluding hydrogens is 220 g/mol. The number of hydrogen-bond acceptors (Lipinski definition) is 1. The molecule has 1 aromatic rings. The van der Waals surface area contributed by atoms with Crippen molar-refractivity contribution in [2.24, 2.45) is 5.92 Å². The summed E-state index contributed by atoms with van der Waals surface area (Å²) < 4.78 is 6.02. The fraction of sp³-hybridized carbons (Fsp3) is 0.286. The van der Waals surface area contributed by atoms with E-state index in [-0.39, 0.29) is 11.5 Å². The van der Waals surface area contributed by atoms with Crippen LogP contribution in [0.3, 0.4) is 0 Å². The Hall–Kier alpha value is -1.21. The minimum atomic E-state index is -0.349. The Bertz CT molecular complexity index is 396. The van der Waals surface area contributed by atoms with Crippen LogP contribution in [0.4, 0.5) is 0 Å². The fourth-order valence-electron chi connectivity index (χ4n) is 1.82. The normalized spacial score (nSPS) is 28.0. The highest BCUT2D eigenvalue weighted by Crippen LogP contribution is 2.30. The summed E-state index contributed by atoms with van der Waals surface area (Å²) in [6, 6.07) is 9.84. The predicted molar refractivity (Wildman–Crippen MR) is 68.0 cm³/mol. The molecule has 0 amide bonds. The molecular formula is C14H15ClO. The molecule has 0 saturated heterocycles. The molecule has 0 saturated carbocycles. The number of benzene rings is 1. The summed E-state index contributed by atoms with van der Waals surface area (Å²) in [7, 11) is 0. The van der Waals surface area contributed by atoms with Gasteiger partial charge < -0.3 is 4.74 Å². The summed E-state index contributed by atoms with van der Waals surface area (Å²) in [5, 5.41) is 0. The molecule has 2 rings (SSSR count). The van der Waals surface area contributed by atoms with Crippen LogP contribution < -0.4 is 4.74 Å². The van der Waals surface area contributed by atoms with E-state index in [1.807, 2.05) is 42.5 Å². The van der Waals surface area contributed by atoms with Crippen LogP contribution in [0.5, 0.6) is 5.75 Å². The molecule has 0 heterocycles. The molecule has 0 bridgehead atoms. The van der Waals surface area contributed by atoms with E-state index in [0.717, 1.165) is 5.75 Å². The van der Waals surface area contributed by atoms with Crippen LogP contribution in [0.2, 0.25) is 0 Å². The maximum absolute atomic E-state index is 6.02. The Morgan fingerprint density at radius 2 is 2.00 bits per heavy atom. The van der Waals surface area contributed by atoms with Crippen molar-refractivity contribution in [3.8, 4) is 5.75 Å². The molecule has 0 spiro atoms. The number of rotatable bonds is 3. The topological polar surface area (TPSA) is 9.23 Å². The van der Waals surface area contributed by atoms with E-state index in [1.54, 1.807) is 0 Å². The van der Waals surface area contributed by atoms with Gasteiger partial charge in [-0.3, -0.25) is 0 Å². The lowest BCUT2D eigenvalue weighted by molar-refractivity contribution is 0.102. The molecule has 0 aliphatic heterocycles. The summed E-state index contributed by atoms with van der Waals surface area (Å²) >= 11 is 5.97. The molecule has 0 aromatic heterocycles. The lowest BCUT2D eigenvalue weighted by atomic mass is 9.86. The first kappa shape index (κ1) is 11.3. The Morgan fingerprint density at radius 1 is 1.25 bits per heavy atom. The Morgan fingerprint density at radius 3 is 2.69 bits per heavy atom. The first-order chi connectivity index (χ1) is 7.74. The van der Waals surface area contributed by atoms with Crippen molar-refractivity contribution in [1.29, 1.82) is 0 Å². The van der Waals surface area contributed by atoms with Crippen LogP contribution in [0.25, 0.3) is 0 Å². The summed E-state index contributed by atoms with van der Waals surface area (Å²) in [5.74, 6) is 1.64. The van der Waals surface area contributed by atoms with E-state index in [9.17, 15) is 0 Å². The second-order valence-corrected chi connectivity index (χ2v) is 4.41. The lowest BCUT2D eigenvalue weighted by Gasteiger charge is -2.34. The van der Waals surface area contributed by atoms with Gasteiger partial charge in [0.2, 0.25) is 0 Å². The Balaban J connectivity index is 2.19. The predicted octanol–water partition coefficient (Wildman–Crippen LogP) is 3.81. The lowest BCUT2D eigenvalue weighted by Crippen LogP contribution is -2.40. The van der Waals surface area contributed by atoms with Crippen LogP contribution in [0, 0.1) is 5.92 Å². The van der Waals surface area contributed by atoms with Gasteiger partial charge in [0.15, 0.2) is 0 Å². The van der Waals surface area contributed by atoms with E-state index in [1.165, 1.54) is 0 Å². The molecule has 2 heteroatoms. The Labute approximate surface area is 101 Å². The molecule has 1 aromatic carbocycles. The molecule has 2 unspecified atom stereocenters. The smallest absolute Gasteiger partial charge is 0.132 e. The van der Waals surface area contributed by atoms with E-state index in [0.29, 0.717) is 5.88 Å². The van der Waals surface area contributed by atoms with Gasteiger partial charge in [-0.05, 0) is 25.1 Å². The largest absolute Gasteiger partial charge is 0.483 e. The number of allylic oxidation sites excluding steroid dienone is 2. The Kier molecular flexibility index (Phi) is 3.35. The molecule has 2 atom stereocenters. The average molecular weight is 235 g/mol. The minimum Gasteiger partial charge on any atom is -0.483 e. The molecule has 0 N–H and O–H groups in total. The zero-order valence-corrected chi connectivity index (χ0v) is 10.0. The van der Waals surface area contributed by atoms with Gasteiger partial charge in [-0.1, -0.05) is 36.4 Å². The van der Waals surface area contributed by atoms with Crippen LogP contribution in [0.15, 0.2) is 54.6 Å². The highest BCUT2D eigenvalue weighted by molar-refractivity contribution is 6.18. The molecule has 0 radical (unpaired) electrons. The van der Waals surface area contributed by atoms with Crippen LogP contribution in [-0.4, -0.2) is 11.5 Å². The number of halogens is 1. The fourth-order valence-corrected chi connectivity index (χ4v) is 2.23. The first-order valence-corrected chi connectivity index (χ1v) is 5.94. The standard InChI is InChI=1S/C14H15ClO/c1-14(10-6-5-7-12(14)11-15)16-13-8-3-2-4-9-13/h2-10,12H,11H2,1H3. The van der Waals surface area contributed by atoms with Gasteiger partial charge in [0, 0.05) is 11.8 Å². The van der Waals surface area contributed by atoms with Gasteiger partial charge in [-0.25, -0.2) is 0 Å². The van der Waals surface area contributed by atoms with Crippen molar-refractivity contribution in [2.45, 2.75) is 12.5 Å². The first-order valence-electron chi connectivity index (χ1n) is 5.41. The van der Waals surface area contributed by atoms with Crippen molar-refractivity contribution in [3.05, 3.63) is 54.6 Å². The third kappa shape index (κ3) is 2.30. The van der Waals surface area contributed by atoms with Gasteiger partial charge >= 0.3 is 0 Å². The van der Waals surface area contributed by atoms with E-state index in [4.69, 9.17) is 16.3 Å². The van der Waals surface area contributed by atoms with Crippen molar-refractivity contribution < 1.29 is 4.74 Å². The highest BCUT2D eigenvalue weighted by atomic mass is 35.5. The molecule has 16 heavy (non-hydrogen) atoms. The van der Waals surface area contributed by atoms with Crippen molar-refractivity contribution in [1.82, 2.24) is 0 Å². The molecule has 1 nitrogen and oxygen atoms in total. The van der Waals surface area contributed by atoms with Gasteiger partial charge in [-0.2, -0.15) is 0 Å². The van der Waals surface area contributed by atoms with Gasteiger partial charge in [0.05, 0.1) is 0 Å². The molecule has 0 fully saturated rings. The molecule has 1 aliphatic carbocycles. The number of para-hydroxylation sites is 1. The SMILES string of the molecule is CC1(Oc2ccccc2)C=CC=CC1CCl. The van der Waals surface area contributed by atoms with Crippen LogP contribution >= 0.6 is 11.6 Å². The highest BCUT2D eigenvalue weighted by Gasteiger charge is 2.33. The van der Waals surface area contributed by atoms with Gasteiger partial charge in [0.25, 0.3) is 0 Å². The van der Waals surface area contributed by atoms with Crippen molar-refractivity contribution >= 4 is 11.6 Å². The summed E-state index contributed by atoms with van der Waals surface area (Å²) in [6.45, 7) is 2.06. The number of hydrogen-bond donors (Lipinski definition) is 0. The van der Waals surface area contributed by atoms with Crippen LogP contribution in [0.1, 0.15) is 6.92 Å². The van der Waals surface area contributed by atoms with E-state index in [2.05, 4.69) is 19.1 Å². The third-order valence-corrected chi connectivity index (χ3v) is 3.20. The molecule has 1 aliphatic rings. The van der Waals surface area contributed by atoms with Gasteiger partial charge in [-0.15, -0.1) is 11.6 Å². The monoisotopic (exact) mass is 234 g/mol. The minimum absolute atomic E-state index is 0.208. The quantitative estimate of drug-likeness (QED) is 0.723. The number of ether oxygens (including phenoxy) is 1. The van der Waals surface area contributed by atoms with Crippen LogP contribution in [-0.2, 0) is 0 Å². The van der Waals surface area contributed by atoms with E-state index < -0.39 is 0 Å². The summed E-state index contributed by atoms with van der Waals surface area (Å²) in [6.07, 6.45) is 8.18. The zero-order chi connectivity index (χ0) is 11.4. The summed E-state index contributed by atoms with van der Waals surface area (Å²) in [5.41, 5.74) is -0.349. The second-order valence-electron chi connectivity index (χ2n) is 4.10. The van der Waals surface area contributed by atoms with Crippen molar-refractivity contribution in [3.63, 3.8) is 0 Å². The van der Waals surface area contributed by atoms with Crippen molar-refractivity contribution in [2.75, 3.05) is 5.88 Å².